The number of rotatable bonds is 4. The van der Waals surface area contributed by atoms with E-state index < -0.39 is 0 Å². The average Bonchev–Trinajstić information content (AvgIpc) is 2.38. The molecule has 1 saturated heterocycles. The van der Waals surface area contributed by atoms with Crippen LogP contribution in [0.1, 0.15) is 0 Å². The maximum atomic E-state index is 5.74. The summed E-state index contributed by atoms with van der Waals surface area (Å²) in [4.78, 5) is 2.06. The molecule has 1 fully saturated rings. The van der Waals surface area contributed by atoms with Gasteiger partial charge in [-0.2, -0.15) is 0 Å². The minimum atomic E-state index is 0.159. The molecular formula is C13H20N2O2. The van der Waals surface area contributed by atoms with E-state index in [0.29, 0.717) is 6.61 Å². The van der Waals surface area contributed by atoms with Crippen LogP contribution in [0.5, 0.6) is 5.75 Å². The van der Waals surface area contributed by atoms with Gasteiger partial charge >= 0.3 is 0 Å². The van der Waals surface area contributed by atoms with Gasteiger partial charge in [-0.3, -0.25) is 0 Å². The van der Waals surface area contributed by atoms with E-state index in [0.717, 1.165) is 31.1 Å². The first-order chi connectivity index (χ1) is 8.25. The average molecular weight is 236 g/mol. The fourth-order valence-corrected chi connectivity index (χ4v) is 1.77. The number of benzene rings is 1. The largest absolute Gasteiger partial charge is 0.491 e. The van der Waals surface area contributed by atoms with Crippen molar-refractivity contribution >= 4 is 5.69 Å². The Morgan fingerprint density at radius 2 is 2.35 bits per heavy atom. The topological polar surface area (TPSA) is 33.7 Å². The van der Waals surface area contributed by atoms with Crippen LogP contribution in [0.4, 0.5) is 5.69 Å². The lowest BCUT2D eigenvalue weighted by Crippen LogP contribution is -2.41. The van der Waals surface area contributed by atoms with Crippen LogP contribution in [0.3, 0.4) is 0 Å². The third kappa shape index (κ3) is 3.61. The maximum Gasteiger partial charge on any atom is 0.121 e. The molecule has 1 heterocycles. The highest BCUT2D eigenvalue weighted by molar-refractivity contribution is 5.49. The summed E-state index contributed by atoms with van der Waals surface area (Å²) in [7, 11) is 4.04. The van der Waals surface area contributed by atoms with Gasteiger partial charge in [0, 0.05) is 38.9 Å². The summed E-state index contributed by atoms with van der Waals surface area (Å²) in [6, 6.07) is 8.08. The normalized spacial score (nSPS) is 20.0. The molecular weight excluding hydrogens is 216 g/mol. The molecule has 1 aromatic rings. The summed E-state index contributed by atoms with van der Waals surface area (Å²) < 4.78 is 11.3. The third-order valence-corrected chi connectivity index (χ3v) is 2.77. The highest BCUT2D eigenvalue weighted by atomic mass is 16.5. The number of ether oxygens (including phenoxy) is 2. The van der Waals surface area contributed by atoms with Crippen molar-refractivity contribution in [3.05, 3.63) is 24.3 Å². The number of nitrogens with zero attached hydrogens (tertiary/aromatic N) is 1. The van der Waals surface area contributed by atoms with Gasteiger partial charge in [0.05, 0.1) is 6.61 Å². The molecule has 0 saturated carbocycles. The second kappa shape index (κ2) is 5.89. The van der Waals surface area contributed by atoms with Crippen molar-refractivity contribution in [3.63, 3.8) is 0 Å². The van der Waals surface area contributed by atoms with Gasteiger partial charge in [0.1, 0.15) is 18.5 Å². The Balaban J connectivity index is 1.87. The van der Waals surface area contributed by atoms with Crippen LogP contribution in [0.15, 0.2) is 24.3 Å². The minimum absolute atomic E-state index is 0.159. The molecule has 1 aliphatic heterocycles. The fourth-order valence-electron chi connectivity index (χ4n) is 1.77. The first-order valence-electron chi connectivity index (χ1n) is 5.98. The summed E-state index contributed by atoms with van der Waals surface area (Å²) >= 11 is 0. The van der Waals surface area contributed by atoms with Crippen molar-refractivity contribution in [2.75, 3.05) is 45.3 Å². The first-order valence-corrected chi connectivity index (χ1v) is 5.98. The van der Waals surface area contributed by atoms with Gasteiger partial charge in [0.15, 0.2) is 0 Å². The lowest BCUT2D eigenvalue weighted by molar-refractivity contribution is 0.000204. The predicted octanol–water partition coefficient (Wildman–Crippen LogP) is 1.12. The molecule has 94 valence electrons. The van der Waals surface area contributed by atoms with E-state index in [2.05, 4.69) is 16.3 Å². The number of hydrogen-bond acceptors (Lipinski definition) is 4. The molecule has 0 spiro atoms. The van der Waals surface area contributed by atoms with Crippen molar-refractivity contribution in [3.8, 4) is 5.75 Å². The second-order valence-corrected chi connectivity index (χ2v) is 4.40. The van der Waals surface area contributed by atoms with Crippen LogP contribution in [-0.2, 0) is 4.74 Å². The molecule has 1 N–H and O–H groups in total. The number of hydrogen-bond donors (Lipinski definition) is 1. The molecule has 1 atom stereocenters. The van der Waals surface area contributed by atoms with E-state index in [-0.39, 0.29) is 6.10 Å². The van der Waals surface area contributed by atoms with Crippen molar-refractivity contribution in [1.29, 1.82) is 0 Å². The monoisotopic (exact) mass is 236 g/mol. The van der Waals surface area contributed by atoms with Crippen LogP contribution in [0.25, 0.3) is 0 Å². The van der Waals surface area contributed by atoms with Crippen LogP contribution in [0, 0.1) is 0 Å². The van der Waals surface area contributed by atoms with Gasteiger partial charge in [0.2, 0.25) is 0 Å². The Morgan fingerprint density at radius 1 is 1.47 bits per heavy atom. The predicted molar refractivity (Wildman–Crippen MR) is 68.9 cm³/mol. The van der Waals surface area contributed by atoms with Gasteiger partial charge in [-0.15, -0.1) is 0 Å². The Hall–Kier alpha value is -1.26. The summed E-state index contributed by atoms with van der Waals surface area (Å²) in [6.45, 7) is 3.18. The maximum absolute atomic E-state index is 5.74. The summed E-state index contributed by atoms with van der Waals surface area (Å²) in [5.41, 5.74) is 1.14. The quantitative estimate of drug-likeness (QED) is 0.849. The zero-order valence-corrected chi connectivity index (χ0v) is 10.5. The zero-order valence-electron chi connectivity index (χ0n) is 10.5. The molecule has 0 radical (unpaired) electrons. The van der Waals surface area contributed by atoms with Crippen molar-refractivity contribution < 1.29 is 9.47 Å². The van der Waals surface area contributed by atoms with Crippen LogP contribution < -0.4 is 15.0 Å². The van der Waals surface area contributed by atoms with E-state index in [1.807, 2.05) is 32.3 Å². The first kappa shape index (κ1) is 12.2. The van der Waals surface area contributed by atoms with Gasteiger partial charge in [-0.05, 0) is 12.1 Å². The minimum Gasteiger partial charge on any atom is -0.491 e. The van der Waals surface area contributed by atoms with Gasteiger partial charge in [0.25, 0.3) is 0 Å². The van der Waals surface area contributed by atoms with E-state index in [4.69, 9.17) is 9.47 Å². The number of anilines is 1. The van der Waals surface area contributed by atoms with E-state index in [9.17, 15) is 0 Å². The van der Waals surface area contributed by atoms with Crippen LogP contribution in [-0.4, -0.2) is 46.5 Å². The molecule has 1 aliphatic rings. The molecule has 0 aromatic heterocycles. The zero-order chi connectivity index (χ0) is 12.1. The summed E-state index contributed by atoms with van der Waals surface area (Å²) in [6.07, 6.45) is 0.159. The van der Waals surface area contributed by atoms with Crippen molar-refractivity contribution in [1.82, 2.24) is 5.32 Å². The van der Waals surface area contributed by atoms with Crippen LogP contribution in [0.2, 0.25) is 0 Å². The molecule has 0 amide bonds. The Bertz CT molecular complexity index is 349. The molecule has 17 heavy (non-hydrogen) atoms. The van der Waals surface area contributed by atoms with Crippen molar-refractivity contribution in [2.24, 2.45) is 0 Å². The Morgan fingerprint density at radius 3 is 3.06 bits per heavy atom. The van der Waals surface area contributed by atoms with Gasteiger partial charge in [-0.25, -0.2) is 0 Å². The summed E-state index contributed by atoms with van der Waals surface area (Å²) in [5, 5.41) is 3.29. The van der Waals surface area contributed by atoms with Gasteiger partial charge in [-0.1, -0.05) is 6.07 Å². The fraction of sp³-hybridized carbons (Fsp3) is 0.538. The molecule has 0 aliphatic carbocycles. The van der Waals surface area contributed by atoms with Crippen LogP contribution >= 0.6 is 0 Å². The lowest BCUT2D eigenvalue weighted by atomic mass is 10.3. The molecule has 2 rings (SSSR count). The summed E-state index contributed by atoms with van der Waals surface area (Å²) in [5.74, 6) is 0.894. The van der Waals surface area contributed by atoms with E-state index in [1.165, 1.54) is 0 Å². The highest BCUT2D eigenvalue weighted by Gasteiger charge is 2.13. The van der Waals surface area contributed by atoms with Gasteiger partial charge < -0.3 is 19.7 Å². The smallest absolute Gasteiger partial charge is 0.121 e. The third-order valence-electron chi connectivity index (χ3n) is 2.77. The van der Waals surface area contributed by atoms with Crippen molar-refractivity contribution in [2.45, 2.75) is 6.10 Å². The Labute approximate surface area is 103 Å². The number of morpholine rings is 1. The SMILES string of the molecule is CN(C)c1cccc(OCC2CNCCO2)c1. The van der Waals surface area contributed by atoms with E-state index >= 15 is 0 Å². The van der Waals surface area contributed by atoms with E-state index in [1.54, 1.807) is 0 Å². The Kier molecular flexibility index (Phi) is 4.23. The highest BCUT2D eigenvalue weighted by Crippen LogP contribution is 2.19. The molecule has 4 heteroatoms. The standard InChI is InChI=1S/C13H20N2O2/c1-15(2)11-4-3-5-12(8-11)17-10-13-9-14-6-7-16-13/h3-5,8,13-14H,6-7,9-10H2,1-2H3. The number of nitrogens with one attached hydrogen (secondary N) is 1. The molecule has 4 nitrogen and oxygen atoms in total. The molecule has 0 bridgehead atoms. The molecule has 1 unspecified atom stereocenters. The lowest BCUT2D eigenvalue weighted by Gasteiger charge is -2.23. The molecule has 1 aromatic carbocycles. The second-order valence-electron chi connectivity index (χ2n) is 4.40.